The summed E-state index contributed by atoms with van der Waals surface area (Å²) in [5.74, 6) is -0.844. The Balaban J connectivity index is 3.13. The number of hydrogen-bond acceptors (Lipinski definition) is 4. The molecule has 0 bridgehead atoms. The van der Waals surface area contributed by atoms with Crippen LogP contribution in [-0.4, -0.2) is 49.1 Å². The first-order valence-electron chi connectivity index (χ1n) is 3.76. The summed E-state index contributed by atoms with van der Waals surface area (Å²) in [6, 6.07) is 0. The smallest absolute Gasteiger partial charge is 0.304 e. The number of hydrogen-bond donors (Lipinski definition) is 3. The minimum atomic E-state index is -0.844. The highest BCUT2D eigenvalue weighted by Crippen LogP contribution is 1.81. The number of aliphatic hydroxyl groups is 1. The highest BCUT2D eigenvalue weighted by Gasteiger charge is 2.02. The first-order chi connectivity index (χ1) is 5.66. The van der Waals surface area contributed by atoms with E-state index in [-0.39, 0.29) is 13.0 Å². The molecule has 0 heterocycles. The lowest BCUT2D eigenvalue weighted by atomic mass is 10.3. The molecule has 0 spiro atoms. The van der Waals surface area contributed by atoms with Gasteiger partial charge < -0.3 is 20.3 Å². The first kappa shape index (κ1) is 11.4. The monoisotopic (exact) mass is 177 g/mol. The molecule has 0 aromatic heterocycles. The Kier molecular flexibility index (Phi) is 6.64. The van der Waals surface area contributed by atoms with Gasteiger partial charge in [-0.2, -0.15) is 0 Å². The van der Waals surface area contributed by atoms with E-state index in [9.17, 15) is 4.79 Å². The van der Waals surface area contributed by atoms with Crippen molar-refractivity contribution in [3.05, 3.63) is 0 Å². The Hall–Kier alpha value is -0.650. The number of ether oxygens (including phenoxy) is 1. The van der Waals surface area contributed by atoms with E-state index >= 15 is 0 Å². The second kappa shape index (κ2) is 7.02. The van der Waals surface area contributed by atoms with E-state index in [1.807, 2.05) is 0 Å². The highest BCUT2D eigenvalue weighted by atomic mass is 16.5. The van der Waals surface area contributed by atoms with Gasteiger partial charge in [-0.3, -0.25) is 4.79 Å². The molecule has 0 amide bonds. The molecule has 0 aliphatic carbocycles. The number of nitrogens with one attached hydrogen (secondary N) is 1. The molecule has 0 saturated carbocycles. The molecule has 0 aromatic rings. The van der Waals surface area contributed by atoms with Crippen molar-refractivity contribution in [2.45, 2.75) is 12.5 Å². The Morgan fingerprint density at radius 3 is 2.83 bits per heavy atom. The van der Waals surface area contributed by atoms with Crippen molar-refractivity contribution in [1.82, 2.24) is 5.32 Å². The van der Waals surface area contributed by atoms with E-state index in [1.165, 1.54) is 7.11 Å². The number of carboxylic acids is 1. The van der Waals surface area contributed by atoms with Gasteiger partial charge in [-0.15, -0.1) is 0 Å². The van der Waals surface area contributed by atoms with Crippen LogP contribution in [0.2, 0.25) is 0 Å². The molecule has 5 nitrogen and oxygen atoms in total. The summed E-state index contributed by atoms with van der Waals surface area (Å²) in [7, 11) is 1.50. The van der Waals surface area contributed by atoms with Gasteiger partial charge in [-0.1, -0.05) is 0 Å². The van der Waals surface area contributed by atoms with Crippen molar-refractivity contribution in [3.8, 4) is 0 Å². The lowest BCUT2D eigenvalue weighted by Crippen LogP contribution is -2.31. The quantitative estimate of drug-likeness (QED) is 0.437. The topological polar surface area (TPSA) is 78.8 Å². The fourth-order valence-corrected chi connectivity index (χ4v) is 0.715. The Labute approximate surface area is 71.3 Å². The zero-order valence-electron chi connectivity index (χ0n) is 7.12. The largest absolute Gasteiger partial charge is 0.481 e. The van der Waals surface area contributed by atoms with Gasteiger partial charge in [-0.05, 0) is 0 Å². The average Bonchev–Trinajstić information content (AvgIpc) is 1.98. The molecule has 0 aromatic carbocycles. The molecular weight excluding hydrogens is 162 g/mol. The van der Waals surface area contributed by atoms with Crippen molar-refractivity contribution in [2.24, 2.45) is 0 Å². The number of aliphatic hydroxyl groups excluding tert-OH is 1. The third-order valence-electron chi connectivity index (χ3n) is 1.25. The van der Waals surface area contributed by atoms with Crippen molar-refractivity contribution in [2.75, 3.05) is 26.8 Å². The minimum absolute atomic E-state index is 0.0691. The van der Waals surface area contributed by atoms with Crippen LogP contribution in [0.15, 0.2) is 0 Å². The summed E-state index contributed by atoms with van der Waals surface area (Å²) in [5.41, 5.74) is 0. The zero-order valence-corrected chi connectivity index (χ0v) is 7.12. The van der Waals surface area contributed by atoms with Gasteiger partial charge in [0.25, 0.3) is 0 Å². The third kappa shape index (κ3) is 7.46. The standard InChI is InChI=1S/C7H15NO4/c1-12-5-6(9)4-8-3-2-7(10)11/h6,8-9H,2-5H2,1H3,(H,10,11). The maximum absolute atomic E-state index is 10.0. The van der Waals surface area contributed by atoms with Gasteiger partial charge in [-0.25, -0.2) is 0 Å². The molecule has 5 heteroatoms. The molecule has 1 atom stereocenters. The number of rotatable bonds is 7. The molecule has 12 heavy (non-hydrogen) atoms. The van der Waals surface area contributed by atoms with Gasteiger partial charge in [0.05, 0.1) is 19.1 Å². The Morgan fingerprint density at radius 2 is 2.33 bits per heavy atom. The lowest BCUT2D eigenvalue weighted by molar-refractivity contribution is -0.136. The van der Waals surface area contributed by atoms with E-state index in [0.717, 1.165) is 0 Å². The van der Waals surface area contributed by atoms with Crippen LogP contribution in [0, 0.1) is 0 Å². The predicted molar refractivity (Wildman–Crippen MR) is 43.0 cm³/mol. The number of methoxy groups -OCH3 is 1. The van der Waals surface area contributed by atoms with Crippen LogP contribution < -0.4 is 5.32 Å². The fourth-order valence-electron chi connectivity index (χ4n) is 0.715. The van der Waals surface area contributed by atoms with Gasteiger partial charge in [0.2, 0.25) is 0 Å². The molecule has 72 valence electrons. The summed E-state index contributed by atoms with van der Waals surface area (Å²) < 4.78 is 4.68. The average molecular weight is 177 g/mol. The molecule has 1 unspecified atom stereocenters. The number of carboxylic acid groups (broad SMARTS) is 1. The van der Waals surface area contributed by atoms with E-state index in [1.54, 1.807) is 0 Å². The van der Waals surface area contributed by atoms with Crippen LogP contribution in [-0.2, 0) is 9.53 Å². The van der Waals surface area contributed by atoms with Gasteiger partial charge in [0.15, 0.2) is 0 Å². The van der Waals surface area contributed by atoms with Crippen LogP contribution in [0.5, 0.6) is 0 Å². The normalized spacial score (nSPS) is 12.8. The van der Waals surface area contributed by atoms with E-state index in [0.29, 0.717) is 13.1 Å². The maximum atomic E-state index is 10.0. The number of carbonyl (C=O) groups is 1. The molecule has 0 fully saturated rings. The minimum Gasteiger partial charge on any atom is -0.481 e. The first-order valence-corrected chi connectivity index (χ1v) is 3.76. The second-order valence-corrected chi connectivity index (χ2v) is 2.46. The van der Waals surface area contributed by atoms with Crippen LogP contribution in [0.25, 0.3) is 0 Å². The highest BCUT2D eigenvalue weighted by molar-refractivity contribution is 5.66. The Bertz CT molecular complexity index is 129. The van der Waals surface area contributed by atoms with Crippen molar-refractivity contribution < 1.29 is 19.7 Å². The van der Waals surface area contributed by atoms with Crippen LogP contribution >= 0.6 is 0 Å². The van der Waals surface area contributed by atoms with Crippen LogP contribution in [0.1, 0.15) is 6.42 Å². The fraction of sp³-hybridized carbons (Fsp3) is 0.857. The van der Waals surface area contributed by atoms with Crippen molar-refractivity contribution >= 4 is 5.97 Å². The SMILES string of the molecule is COCC(O)CNCCC(=O)O. The molecular formula is C7H15NO4. The van der Waals surface area contributed by atoms with E-state index < -0.39 is 12.1 Å². The second-order valence-electron chi connectivity index (χ2n) is 2.46. The van der Waals surface area contributed by atoms with Crippen LogP contribution in [0.4, 0.5) is 0 Å². The molecule has 0 radical (unpaired) electrons. The summed E-state index contributed by atoms with van der Waals surface area (Å²) in [5, 5.41) is 20.1. The predicted octanol–water partition coefficient (Wildman–Crippen LogP) is -0.942. The number of aliphatic carboxylic acids is 1. The van der Waals surface area contributed by atoms with Crippen molar-refractivity contribution in [1.29, 1.82) is 0 Å². The summed E-state index contributed by atoms with van der Waals surface area (Å²) in [6.07, 6.45) is -0.497. The Morgan fingerprint density at radius 1 is 1.67 bits per heavy atom. The zero-order chi connectivity index (χ0) is 9.40. The summed E-state index contributed by atoms with van der Waals surface area (Å²) in [4.78, 5) is 10.0. The molecule has 0 aliphatic heterocycles. The lowest BCUT2D eigenvalue weighted by Gasteiger charge is -2.09. The third-order valence-corrected chi connectivity index (χ3v) is 1.25. The molecule has 0 aliphatic rings. The molecule has 0 rings (SSSR count). The van der Waals surface area contributed by atoms with Gasteiger partial charge in [0.1, 0.15) is 0 Å². The summed E-state index contributed by atoms with van der Waals surface area (Å²) in [6.45, 7) is 0.997. The van der Waals surface area contributed by atoms with E-state index in [4.69, 9.17) is 10.2 Å². The molecule has 3 N–H and O–H groups in total. The summed E-state index contributed by atoms with van der Waals surface area (Å²) >= 11 is 0. The molecule has 0 saturated heterocycles. The van der Waals surface area contributed by atoms with Crippen molar-refractivity contribution in [3.63, 3.8) is 0 Å². The van der Waals surface area contributed by atoms with E-state index in [2.05, 4.69) is 10.1 Å². The van der Waals surface area contributed by atoms with Crippen LogP contribution in [0.3, 0.4) is 0 Å². The maximum Gasteiger partial charge on any atom is 0.304 e. The van der Waals surface area contributed by atoms with Gasteiger partial charge >= 0.3 is 5.97 Å². The van der Waals surface area contributed by atoms with Gasteiger partial charge in [0, 0.05) is 20.2 Å².